The van der Waals surface area contributed by atoms with Gasteiger partial charge in [0.1, 0.15) is 0 Å². The highest BCUT2D eigenvalue weighted by Crippen LogP contribution is 2.22. The molecule has 0 saturated carbocycles. The number of aromatic amines is 1. The van der Waals surface area contributed by atoms with Gasteiger partial charge < -0.3 is 10.3 Å². The van der Waals surface area contributed by atoms with Gasteiger partial charge in [-0.25, -0.2) is 4.98 Å². The number of hydrogen-bond donors (Lipinski definition) is 2. The second-order valence-corrected chi connectivity index (χ2v) is 6.64. The standard InChI is InChI=1S/C18H27N3/c1-13(2)9-17(10-14(3)4)21-16-7-5-15(6-8-16)18-11-19-12-20-18/h5-8,11-14,17,21H,9-10H2,1-4H3,(H,19,20). The van der Waals surface area contributed by atoms with Gasteiger partial charge in [-0.2, -0.15) is 0 Å². The maximum absolute atomic E-state index is 4.06. The Balaban J connectivity index is 2.03. The van der Waals surface area contributed by atoms with Crippen molar-refractivity contribution < 1.29 is 0 Å². The second-order valence-electron chi connectivity index (χ2n) is 6.64. The lowest BCUT2D eigenvalue weighted by Gasteiger charge is -2.23. The molecule has 21 heavy (non-hydrogen) atoms. The summed E-state index contributed by atoms with van der Waals surface area (Å²) in [5, 5.41) is 3.69. The summed E-state index contributed by atoms with van der Waals surface area (Å²) in [6.07, 6.45) is 5.98. The molecule has 2 N–H and O–H groups in total. The van der Waals surface area contributed by atoms with Gasteiger partial charge in [0, 0.05) is 11.7 Å². The molecule has 0 aliphatic rings. The fourth-order valence-corrected chi connectivity index (χ4v) is 2.75. The highest BCUT2D eigenvalue weighted by molar-refractivity contribution is 5.62. The Labute approximate surface area is 128 Å². The molecule has 1 aromatic carbocycles. The van der Waals surface area contributed by atoms with Crippen molar-refractivity contribution in [3.63, 3.8) is 0 Å². The summed E-state index contributed by atoms with van der Waals surface area (Å²) >= 11 is 0. The summed E-state index contributed by atoms with van der Waals surface area (Å²) in [5.74, 6) is 1.43. The Kier molecular flexibility index (Phi) is 5.43. The quantitative estimate of drug-likeness (QED) is 0.755. The van der Waals surface area contributed by atoms with E-state index in [1.165, 1.54) is 24.1 Å². The van der Waals surface area contributed by atoms with Crippen LogP contribution >= 0.6 is 0 Å². The zero-order valence-electron chi connectivity index (χ0n) is 13.6. The van der Waals surface area contributed by atoms with E-state index >= 15 is 0 Å². The number of hydrogen-bond acceptors (Lipinski definition) is 2. The van der Waals surface area contributed by atoms with Crippen LogP contribution in [-0.2, 0) is 0 Å². The molecule has 0 fully saturated rings. The predicted octanol–water partition coefficient (Wildman–Crippen LogP) is 4.95. The van der Waals surface area contributed by atoms with Gasteiger partial charge in [-0.05, 0) is 42.4 Å². The maximum atomic E-state index is 4.06. The predicted molar refractivity (Wildman–Crippen MR) is 90.3 cm³/mol. The average molecular weight is 285 g/mol. The molecule has 0 bridgehead atoms. The van der Waals surface area contributed by atoms with Crippen molar-refractivity contribution >= 4 is 5.69 Å². The van der Waals surface area contributed by atoms with Crippen LogP contribution in [0.1, 0.15) is 40.5 Å². The summed E-state index contributed by atoms with van der Waals surface area (Å²) in [6, 6.07) is 9.13. The summed E-state index contributed by atoms with van der Waals surface area (Å²) in [5.41, 5.74) is 3.43. The summed E-state index contributed by atoms with van der Waals surface area (Å²) in [6.45, 7) is 9.15. The van der Waals surface area contributed by atoms with Gasteiger partial charge >= 0.3 is 0 Å². The molecule has 2 rings (SSSR count). The summed E-state index contributed by atoms with van der Waals surface area (Å²) in [4.78, 5) is 7.20. The normalized spacial score (nSPS) is 11.6. The molecule has 1 heterocycles. The van der Waals surface area contributed by atoms with Gasteiger partial charge in [-0.3, -0.25) is 0 Å². The minimum absolute atomic E-state index is 0.544. The number of H-pyrrole nitrogens is 1. The van der Waals surface area contributed by atoms with Crippen molar-refractivity contribution in [3.8, 4) is 11.3 Å². The van der Waals surface area contributed by atoms with E-state index in [1.54, 1.807) is 6.33 Å². The molecule has 2 aromatic rings. The number of benzene rings is 1. The molecule has 0 aliphatic carbocycles. The minimum Gasteiger partial charge on any atom is -0.382 e. The molecule has 0 saturated heterocycles. The number of anilines is 1. The molecule has 0 amide bonds. The molecule has 114 valence electrons. The SMILES string of the molecule is CC(C)CC(CC(C)C)Nc1ccc(-c2cnc[nH]2)cc1. The van der Waals surface area contributed by atoms with Crippen LogP contribution in [0.2, 0.25) is 0 Å². The van der Waals surface area contributed by atoms with E-state index in [2.05, 4.69) is 67.2 Å². The van der Waals surface area contributed by atoms with Crippen molar-refractivity contribution in [2.75, 3.05) is 5.32 Å². The van der Waals surface area contributed by atoms with E-state index < -0.39 is 0 Å². The summed E-state index contributed by atoms with van der Waals surface area (Å²) < 4.78 is 0. The van der Waals surface area contributed by atoms with Crippen LogP contribution < -0.4 is 5.32 Å². The zero-order chi connectivity index (χ0) is 15.2. The molecule has 0 aliphatic heterocycles. The Hall–Kier alpha value is -1.77. The van der Waals surface area contributed by atoms with Crippen LogP contribution in [0.4, 0.5) is 5.69 Å². The molecule has 1 aromatic heterocycles. The highest BCUT2D eigenvalue weighted by atomic mass is 14.9. The lowest BCUT2D eigenvalue weighted by molar-refractivity contribution is 0.442. The van der Waals surface area contributed by atoms with Crippen LogP contribution in [0.3, 0.4) is 0 Å². The van der Waals surface area contributed by atoms with Crippen molar-refractivity contribution in [2.24, 2.45) is 11.8 Å². The van der Waals surface area contributed by atoms with Gasteiger partial charge in [0.2, 0.25) is 0 Å². The largest absolute Gasteiger partial charge is 0.382 e. The van der Waals surface area contributed by atoms with Crippen molar-refractivity contribution in [3.05, 3.63) is 36.8 Å². The topological polar surface area (TPSA) is 40.7 Å². The van der Waals surface area contributed by atoms with E-state index in [4.69, 9.17) is 0 Å². The maximum Gasteiger partial charge on any atom is 0.0924 e. The van der Waals surface area contributed by atoms with Gasteiger partial charge in [-0.1, -0.05) is 39.8 Å². The van der Waals surface area contributed by atoms with Crippen LogP contribution in [0.5, 0.6) is 0 Å². The van der Waals surface area contributed by atoms with Crippen molar-refractivity contribution in [1.29, 1.82) is 0 Å². The minimum atomic E-state index is 0.544. The smallest absolute Gasteiger partial charge is 0.0924 e. The third-order valence-electron chi connectivity index (χ3n) is 3.58. The second kappa shape index (κ2) is 7.30. The lowest BCUT2D eigenvalue weighted by Crippen LogP contribution is -2.23. The number of nitrogens with one attached hydrogen (secondary N) is 2. The van der Waals surface area contributed by atoms with Crippen LogP contribution in [0.15, 0.2) is 36.8 Å². The number of aromatic nitrogens is 2. The third kappa shape index (κ3) is 4.92. The Morgan fingerprint density at radius 3 is 2.10 bits per heavy atom. The summed E-state index contributed by atoms with van der Waals surface area (Å²) in [7, 11) is 0. The molecule has 0 spiro atoms. The van der Waals surface area contributed by atoms with E-state index in [0.29, 0.717) is 17.9 Å². The molecule has 0 unspecified atom stereocenters. The van der Waals surface area contributed by atoms with Crippen LogP contribution in [-0.4, -0.2) is 16.0 Å². The van der Waals surface area contributed by atoms with E-state index in [9.17, 15) is 0 Å². The highest BCUT2D eigenvalue weighted by Gasteiger charge is 2.12. The van der Waals surface area contributed by atoms with Gasteiger partial charge in [-0.15, -0.1) is 0 Å². The lowest BCUT2D eigenvalue weighted by atomic mass is 9.95. The van der Waals surface area contributed by atoms with E-state index in [0.717, 1.165) is 5.69 Å². The molecule has 3 heteroatoms. The Morgan fingerprint density at radius 2 is 1.62 bits per heavy atom. The Bertz CT molecular complexity index is 502. The molecule has 0 radical (unpaired) electrons. The van der Waals surface area contributed by atoms with Crippen molar-refractivity contribution in [2.45, 2.75) is 46.6 Å². The molecule has 3 nitrogen and oxygen atoms in total. The first-order valence-electron chi connectivity index (χ1n) is 7.90. The van der Waals surface area contributed by atoms with Gasteiger partial charge in [0.15, 0.2) is 0 Å². The van der Waals surface area contributed by atoms with Gasteiger partial charge in [0.25, 0.3) is 0 Å². The van der Waals surface area contributed by atoms with Crippen molar-refractivity contribution in [1.82, 2.24) is 9.97 Å². The number of imidazole rings is 1. The number of rotatable bonds is 7. The average Bonchev–Trinajstić information content (AvgIpc) is 2.91. The molecular weight excluding hydrogens is 258 g/mol. The van der Waals surface area contributed by atoms with Gasteiger partial charge in [0.05, 0.1) is 18.2 Å². The third-order valence-corrected chi connectivity index (χ3v) is 3.58. The molecule has 0 atom stereocenters. The first kappa shape index (κ1) is 15.6. The van der Waals surface area contributed by atoms with E-state index in [-0.39, 0.29) is 0 Å². The fourth-order valence-electron chi connectivity index (χ4n) is 2.75. The van der Waals surface area contributed by atoms with E-state index in [1.807, 2.05) is 6.20 Å². The monoisotopic (exact) mass is 285 g/mol. The fraction of sp³-hybridized carbons (Fsp3) is 0.500. The van der Waals surface area contributed by atoms with Crippen LogP contribution in [0, 0.1) is 11.8 Å². The zero-order valence-corrected chi connectivity index (χ0v) is 13.6. The first-order chi connectivity index (χ1) is 10.0. The Morgan fingerprint density at radius 1 is 1.00 bits per heavy atom. The van der Waals surface area contributed by atoms with Crippen LogP contribution in [0.25, 0.3) is 11.3 Å². The number of nitrogens with zero attached hydrogens (tertiary/aromatic N) is 1. The molecular formula is C18H27N3. The first-order valence-corrected chi connectivity index (χ1v) is 7.90.